The molecule has 0 fully saturated rings. The number of hydrogen-bond donors (Lipinski definition) is 4. The molecule has 6 heteroatoms. The molecular formula is C26H40N4O2. The van der Waals surface area contributed by atoms with Crippen molar-refractivity contribution in [3.05, 3.63) is 52.8 Å². The second-order valence-corrected chi connectivity index (χ2v) is 10.8. The molecule has 3 atom stereocenters. The summed E-state index contributed by atoms with van der Waals surface area (Å²) in [6.07, 6.45) is 4.65. The van der Waals surface area contributed by atoms with Gasteiger partial charge in [0.05, 0.1) is 17.8 Å². The van der Waals surface area contributed by atoms with Crippen LogP contribution in [0.5, 0.6) is 0 Å². The quantitative estimate of drug-likeness (QED) is 0.505. The Balaban J connectivity index is 1.89. The molecule has 1 amide bonds. The standard InChI is InChI=1S/C26H40N4O2/c1-17(2)12-23(29-18(3)31)24(32)16-27-26(11-10-22-19(14-26)15-28-30-22)21-9-7-8-20(13-21)25(4,5)6/h7-9,13,15,17,23-24,27,32H,10-12,14,16H2,1-6H3,(H,28,30)(H,29,31). The number of aliphatic hydroxyl groups is 1. The summed E-state index contributed by atoms with van der Waals surface area (Å²) in [4.78, 5) is 11.7. The molecule has 1 aromatic heterocycles. The van der Waals surface area contributed by atoms with Gasteiger partial charge in [-0.25, -0.2) is 0 Å². The number of amides is 1. The molecule has 4 N–H and O–H groups in total. The minimum atomic E-state index is -0.672. The average molecular weight is 441 g/mol. The summed E-state index contributed by atoms with van der Waals surface area (Å²) in [6.45, 7) is 12.8. The number of aryl methyl sites for hydroxylation is 1. The van der Waals surface area contributed by atoms with Crippen LogP contribution in [0, 0.1) is 5.92 Å². The molecule has 3 rings (SSSR count). The van der Waals surface area contributed by atoms with Crippen molar-refractivity contribution in [2.45, 2.75) is 90.3 Å². The van der Waals surface area contributed by atoms with Crippen LogP contribution in [-0.2, 0) is 28.6 Å². The van der Waals surface area contributed by atoms with Gasteiger partial charge < -0.3 is 15.7 Å². The summed E-state index contributed by atoms with van der Waals surface area (Å²) in [5.41, 5.74) is 4.65. The van der Waals surface area contributed by atoms with Crippen molar-refractivity contribution >= 4 is 5.91 Å². The maximum absolute atomic E-state index is 11.7. The number of H-pyrrole nitrogens is 1. The van der Waals surface area contributed by atoms with E-state index in [2.05, 4.69) is 79.7 Å². The Hall–Kier alpha value is -2.18. The van der Waals surface area contributed by atoms with Gasteiger partial charge in [-0.15, -0.1) is 0 Å². The van der Waals surface area contributed by atoms with Gasteiger partial charge in [-0.05, 0) is 53.7 Å². The maximum Gasteiger partial charge on any atom is 0.217 e. The fraction of sp³-hybridized carbons (Fsp3) is 0.615. The van der Waals surface area contributed by atoms with Crippen LogP contribution < -0.4 is 10.6 Å². The van der Waals surface area contributed by atoms with E-state index in [0.717, 1.165) is 31.4 Å². The Labute approximate surface area is 192 Å². The van der Waals surface area contributed by atoms with Gasteiger partial charge in [0.25, 0.3) is 0 Å². The molecule has 176 valence electrons. The summed E-state index contributed by atoms with van der Waals surface area (Å²) in [6, 6.07) is 8.56. The van der Waals surface area contributed by atoms with Gasteiger partial charge in [-0.2, -0.15) is 5.10 Å². The van der Waals surface area contributed by atoms with Crippen LogP contribution >= 0.6 is 0 Å². The lowest BCUT2D eigenvalue weighted by Crippen LogP contribution is -2.54. The normalized spacial score (nSPS) is 20.6. The van der Waals surface area contributed by atoms with Gasteiger partial charge >= 0.3 is 0 Å². The molecule has 2 aromatic rings. The zero-order valence-corrected chi connectivity index (χ0v) is 20.5. The predicted octanol–water partition coefficient (Wildman–Crippen LogP) is 3.59. The molecule has 1 aliphatic carbocycles. The van der Waals surface area contributed by atoms with Gasteiger partial charge in [0, 0.05) is 25.2 Å². The molecule has 1 heterocycles. The van der Waals surface area contributed by atoms with Crippen molar-refractivity contribution in [1.82, 2.24) is 20.8 Å². The first-order valence-corrected chi connectivity index (χ1v) is 11.8. The number of aromatic amines is 1. The second kappa shape index (κ2) is 9.75. The first kappa shape index (κ1) is 24.5. The van der Waals surface area contributed by atoms with Crippen LogP contribution in [-0.4, -0.2) is 39.9 Å². The van der Waals surface area contributed by atoms with Crippen molar-refractivity contribution in [3.63, 3.8) is 0 Å². The van der Waals surface area contributed by atoms with Gasteiger partial charge in [0.15, 0.2) is 0 Å². The monoisotopic (exact) mass is 440 g/mol. The number of benzene rings is 1. The number of nitrogens with one attached hydrogen (secondary N) is 3. The highest BCUT2D eigenvalue weighted by molar-refractivity contribution is 5.73. The van der Waals surface area contributed by atoms with Crippen molar-refractivity contribution in [1.29, 1.82) is 0 Å². The lowest BCUT2D eigenvalue weighted by Gasteiger charge is -2.40. The molecule has 32 heavy (non-hydrogen) atoms. The van der Waals surface area contributed by atoms with Crippen LogP contribution in [0.1, 0.15) is 76.8 Å². The number of aromatic nitrogens is 2. The molecule has 0 radical (unpaired) electrons. The van der Waals surface area contributed by atoms with Crippen LogP contribution in [0.2, 0.25) is 0 Å². The van der Waals surface area contributed by atoms with Crippen LogP contribution in [0.15, 0.2) is 30.5 Å². The highest BCUT2D eigenvalue weighted by Gasteiger charge is 2.38. The third-order valence-corrected chi connectivity index (χ3v) is 6.60. The molecule has 1 aliphatic rings. The fourth-order valence-corrected chi connectivity index (χ4v) is 4.76. The Kier molecular flexibility index (Phi) is 7.46. The Bertz CT molecular complexity index is 915. The molecular weight excluding hydrogens is 400 g/mol. The minimum absolute atomic E-state index is 0.0555. The molecule has 0 spiro atoms. The molecule has 3 unspecified atom stereocenters. The average Bonchev–Trinajstić information content (AvgIpc) is 3.18. The number of nitrogens with zero attached hydrogens (tertiary/aromatic N) is 1. The molecule has 0 saturated heterocycles. The summed E-state index contributed by atoms with van der Waals surface area (Å²) in [5.74, 6) is 0.269. The van der Waals surface area contributed by atoms with Gasteiger partial charge in [0.1, 0.15) is 0 Å². The van der Waals surface area contributed by atoms with Crippen LogP contribution in [0.3, 0.4) is 0 Å². The molecule has 6 nitrogen and oxygen atoms in total. The Morgan fingerprint density at radius 2 is 2.06 bits per heavy atom. The fourth-order valence-electron chi connectivity index (χ4n) is 4.76. The van der Waals surface area contributed by atoms with Gasteiger partial charge in [0.2, 0.25) is 5.91 Å². The van der Waals surface area contributed by atoms with Gasteiger partial charge in [-0.1, -0.05) is 58.9 Å². The van der Waals surface area contributed by atoms with E-state index in [1.807, 2.05) is 6.20 Å². The van der Waals surface area contributed by atoms with Crippen molar-refractivity contribution in [2.24, 2.45) is 5.92 Å². The van der Waals surface area contributed by atoms with E-state index in [1.165, 1.54) is 23.6 Å². The second-order valence-electron chi connectivity index (χ2n) is 10.8. The van der Waals surface area contributed by atoms with Crippen molar-refractivity contribution in [2.75, 3.05) is 6.54 Å². The number of hydrogen-bond acceptors (Lipinski definition) is 4. The van der Waals surface area contributed by atoms with E-state index in [1.54, 1.807) is 0 Å². The molecule has 0 saturated carbocycles. The molecule has 1 aromatic carbocycles. The zero-order valence-electron chi connectivity index (χ0n) is 20.5. The SMILES string of the molecule is CC(=O)NC(CC(C)C)C(O)CNC1(c2cccc(C(C)(C)C)c2)CCc2n[nH]cc2C1. The van der Waals surface area contributed by atoms with Crippen LogP contribution in [0.25, 0.3) is 0 Å². The number of aliphatic hydroxyl groups excluding tert-OH is 1. The van der Waals surface area contributed by atoms with Crippen LogP contribution in [0.4, 0.5) is 0 Å². The topological polar surface area (TPSA) is 90.0 Å². The zero-order chi connectivity index (χ0) is 23.5. The van der Waals surface area contributed by atoms with Crippen molar-refractivity contribution in [3.8, 4) is 0 Å². The summed E-state index contributed by atoms with van der Waals surface area (Å²) >= 11 is 0. The number of fused-ring (bicyclic) bond motifs is 1. The minimum Gasteiger partial charge on any atom is -0.390 e. The maximum atomic E-state index is 11.7. The van der Waals surface area contributed by atoms with Gasteiger partial charge in [-0.3, -0.25) is 9.89 Å². The predicted molar refractivity (Wildman–Crippen MR) is 129 cm³/mol. The summed E-state index contributed by atoms with van der Waals surface area (Å²) < 4.78 is 0. The Morgan fingerprint density at radius 1 is 1.31 bits per heavy atom. The molecule has 0 bridgehead atoms. The molecule has 0 aliphatic heterocycles. The van der Waals surface area contributed by atoms with E-state index in [-0.39, 0.29) is 22.9 Å². The first-order chi connectivity index (χ1) is 15.0. The number of carbonyl (C=O) groups excluding carboxylic acids is 1. The Morgan fingerprint density at radius 3 is 2.72 bits per heavy atom. The third-order valence-electron chi connectivity index (χ3n) is 6.60. The van der Waals surface area contributed by atoms with E-state index >= 15 is 0 Å². The lowest BCUT2D eigenvalue weighted by molar-refractivity contribution is -0.120. The van der Waals surface area contributed by atoms with E-state index in [4.69, 9.17) is 0 Å². The van der Waals surface area contributed by atoms with E-state index in [9.17, 15) is 9.90 Å². The third kappa shape index (κ3) is 5.78. The number of rotatable bonds is 8. The summed E-state index contributed by atoms with van der Waals surface area (Å²) in [5, 5.41) is 25.2. The largest absolute Gasteiger partial charge is 0.390 e. The van der Waals surface area contributed by atoms with Crippen molar-refractivity contribution < 1.29 is 9.90 Å². The first-order valence-electron chi connectivity index (χ1n) is 11.8. The number of carbonyl (C=O) groups is 1. The summed E-state index contributed by atoms with van der Waals surface area (Å²) in [7, 11) is 0. The van der Waals surface area contributed by atoms with E-state index in [0.29, 0.717) is 12.5 Å². The highest BCUT2D eigenvalue weighted by atomic mass is 16.3. The highest BCUT2D eigenvalue weighted by Crippen LogP contribution is 2.37. The lowest BCUT2D eigenvalue weighted by atomic mass is 9.74. The van der Waals surface area contributed by atoms with E-state index < -0.39 is 6.10 Å². The smallest absolute Gasteiger partial charge is 0.217 e.